The number of ether oxygens (including phenoxy) is 2. The summed E-state index contributed by atoms with van der Waals surface area (Å²) in [6, 6.07) is 9.18. The lowest BCUT2D eigenvalue weighted by atomic mass is 10.3. The number of alkyl halides is 2. The van der Waals surface area contributed by atoms with Crippen LogP contribution < -0.4 is 4.74 Å². The molecule has 3 nitrogen and oxygen atoms in total. The fraction of sp³-hybridized carbons (Fsp3) is 0.182. The molecular weight excluding hydrogens is 340 g/mol. The summed E-state index contributed by atoms with van der Waals surface area (Å²) in [4.78, 5) is 10.9. The van der Waals surface area contributed by atoms with Gasteiger partial charge in [0.15, 0.2) is 6.61 Å². The van der Waals surface area contributed by atoms with Crippen LogP contribution in [0.15, 0.2) is 43.0 Å². The molecule has 0 aromatic heterocycles. The highest BCUT2D eigenvalue weighted by Gasteiger charge is 2.26. The van der Waals surface area contributed by atoms with Crippen molar-refractivity contribution in [2.24, 2.45) is 0 Å². The highest BCUT2D eigenvalue weighted by Crippen LogP contribution is 2.30. The van der Waals surface area contributed by atoms with Gasteiger partial charge in [0.25, 0.3) is 3.42 Å². The molecule has 0 aliphatic rings. The summed E-state index contributed by atoms with van der Waals surface area (Å²) >= 11 is 6.52. The van der Waals surface area contributed by atoms with E-state index in [1.54, 1.807) is 12.1 Å². The minimum atomic E-state index is -0.931. The van der Waals surface area contributed by atoms with Crippen molar-refractivity contribution in [3.05, 3.63) is 43.0 Å². The third kappa shape index (κ3) is 4.81. The highest BCUT2D eigenvalue weighted by atomic mass is 79.9. The van der Waals surface area contributed by atoms with Crippen LogP contribution >= 0.6 is 31.9 Å². The van der Waals surface area contributed by atoms with Crippen molar-refractivity contribution in [3.8, 4) is 5.75 Å². The third-order valence-corrected chi connectivity index (χ3v) is 2.34. The average molecular weight is 350 g/mol. The molecule has 1 rings (SSSR count). The summed E-state index contributed by atoms with van der Waals surface area (Å²) in [5.74, 6) is 0.158. The molecule has 0 saturated heterocycles. The summed E-state index contributed by atoms with van der Waals surface area (Å²) in [5, 5.41) is 0. The van der Waals surface area contributed by atoms with Crippen molar-refractivity contribution in [1.29, 1.82) is 0 Å². The molecule has 0 saturated carbocycles. The fourth-order valence-electron chi connectivity index (χ4n) is 0.904. The molecule has 0 N–H and O–H groups in total. The van der Waals surface area contributed by atoms with Gasteiger partial charge in [-0.25, -0.2) is 4.79 Å². The second-order valence-electron chi connectivity index (χ2n) is 2.86. The van der Waals surface area contributed by atoms with E-state index in [9.17, 15) is 4.79 Å². The van der Waals surface area contributed by atoms with Gasteiger partial charge in [0.2, 0.25) is 0 Å². The SMILES string of the molecule is C=CC(=O)OCC(Br)(Br)Oc1ccccc1. The normalized spacial score (nSPS) is 10.6. The number of benzene rings is 1. The molecule has 16 heavy (non-hydrogen) atoms. The van der Waals surface area contributed by atoms with E-state index in [2.05, 4.69) is 38.4 Å². The van der Waals surface area contributed by atoms with Gasteiger partial charge in [-0.15, -0.1) is 0 Å². The molecule has 0 amide bonds. The van der Waals surface area contributed by atoms with E-state index in [1.165, 1.54) is 0 Å². The Hall–Kier alpha value is -0.810. The lowest BCUT2D eigenvalue weighted by molar-refractivity contribution is -0.139. The van der Waals surface area contributed by atoms with Crippen molar-refractivity contribution in [2.45, 2.75) is 3.42 Å². The Balaban J connectivity index is 2.51. The number of carbonyl (C=O) groups excluding carboxylic acids is 1. The topological polar surface area (TPSA) is 35.5 Å². The van der Waals surface area contributed by atoms with Crippen LogP contribution in [0.2, 0.25) is 0 Å². The van der Waals surface area contributed by atoms with E-state index >= 15 is 0 Å². The molecule has 1 aromatic carbocycles. The van der Waals surface area contributed by atoms with Crippen molar-refractivity contribution in [3.63, 3.8) is 0 Å². The summed E-state index contributed by atoms with van der Waals surface area (Å²) in [6.45, 7) is 3.32. The van der Waals surface area contributed by atoms with E-state index in [0.29, 0.717) is 5.75 Å². The third-order valence-electron chi connectivity index (χ3n) is 1.56. The van der Waals surface area contributed by atoms with Crippen LogP contribution in [0.25, 0.3) is 0 Å². The van der Waals surface area contributed by atoms with Gasteiger partial charge in [0.05, 0.1) is 0 Å². The number of para-hydroxylation sites is 1. The molecule has 0 fully saturated rings. The van der Waals surface area contributed by atoms with E-state index in [-0.39, 0.29) is 6.61 Å². The van der Waals surface area contributed by atoms with E-state index in [0.717, 1.165) is 6.08 Å². The number of hydrogen-bond donors (Lipinski definition) is 0. The van der Waals surface area contributed by atoms with Crippen LogP contribution in [-0.2, 0) is 9.53 Å². The summed E-state index contributed by atoms with van der Waals surface area (Å²) in [7, 11) is 0. The van der Waals surface area contributed by atoms with E-state index < -0.39 is 9.39 Å². The molecule has 0 aliphatic heterocycles. The van der Waals surface area contributed by atoms with Crippen LogP contribution in [-0.4, -0.2) is 16.0 Å². The largest absolute Gasteiger partial charge is 0.462 e. The maximum Gasteiger partial charge on any atom is 0.330 e. The first-order chi connectivity index (χ1) is 7.53. The molecule has 0 radical (unpaired) electrons. The maximum absolute atomic E-state index is 10.9. The maximum atomic E-state index is 10.9. The second-order valence-corrected chi connectivity index (χ2v) is 6.49. The summed E-state index contributed by atoms with van der Waals surface area (Å²) in [6.07, 6.45) is 1.10. The molecule has 5 heteroatoms. The van der Waals surface area contributed by atoms with Gasteiger partial charge in [-0.3, -0.25) is 0 Å². The Bertz CT molecular complexity index is 363. The number of rotatable bonds is 5. The molecule has 0 spiro atoms. The van der Waals surface area contributed by atoms with Crippen LogP contribution in [0.3, 0.4) is 0 Å². The van der Waals surface area contributed by atoms with Gasteiger partial charge in [-0.2, -0.15) is 0 Å². The predicted molar refractivity (Wildman–Crippen MR) is 68.8 cm³/mol. The Morgan fingerprint density at radius 2 is 2.00 bits per heavy atom. The summed E-state index contributed by atoms with van der Waals surface area (Å²) in [5.41, 5.74) is 0. The Morgan fingerprint density at radius 1 is 1.38 bits per heavy atom. The molecule has 0 aliphatic carbocycles. The smallest absolute Gasteiger partial charge is 0.330 e. The molecule has 0 heterocycles. The Kier molecular flexibility index (Phi) is 5.02. The lowest BCUT2D eigenvalue weighted by Crippen LogP contribution is -2.28. The molecule has 0 unspecified atom stereocenters. The minimum absolute atomic E-state index is 0.0206. The Labute approximate surface area is 111 Å². The number of esters is 1. The second kappa shape index (κ2) is 6.06. The van der Waals surface area contributed by atoms with Crippen molar-refractivity contribution in [2.75, 3.05) is 6.61 Å². The van der Waals surface area contributed by atoms with Crippen molar-refractivity contribution >= 4 is 37.8 Å². The van der Waals surface area contributed by atoms with Crippen molar-refractivity contribution in [1.82, 2.24) is 0 Å². The molecule has 0 atom stereocenters. The van der Waals surface area contributed by atoms with Crippen molar-refractivity contribution < 1.29 is 14.3 Å². The quantitative estimate of drug-likeness (QED) is 0.465. The lowest BCUT2D eigenvalue weighted by Gasteiger charge is -2.21. The standard InChI is InChI=1S/C11H10Br2O3/c1-2-10(14)15-8-11(12,13)16-9-6-4-3-5-7-9/h2-7H,1,8H2. The van der Waals surface area contributed by atoms with Gasteiger partial charge in [0, 0.05) is 6.08 Å². The van der Waals surface area contributed by atoms with Crippen LogP contribution in [0.4, 0.5) is 0 Å². The zero-order valence-electron chi connectivity index (χ0n) is 8.36. The minimum Gasteiger partial charge on any atom is -0.462 e. The molecular formula is C11H10Br2O3. The molecule has 1 aromatic rings. The number of halogens is 2. The van der Waals surface area contributed by atoms with E-state index in [4.69, 9.17) is 9.47 Å². The summed E-state index contributed by atoms with van der Waals surface area (Å²) < 4.78 is 9.44. The number of carbonyl (C=O) groups is 1. The van der Waals surface area contributed by atoms with Gasteiger partial charge in [-0.05, 0) is 44.0 Å². The monoisotopic (exact) mass is 348 g/mol. The average Bonchev–Trinajstić information content (AvgIpc) is 2.27. The van der Waals surface area contributed by atoms with Crippen LogP contribution in [0.5, 0.6) is 5.75 Å². The van der Waals surface area contributed by atoms with Gasteiger partial charge < -0.3 is 9.47 Å². The van der Waals surface area contributed by atoms with Crippen LogP contribution in [0, 0.1) is 0 Å². The predicted octanol–water partition coefficient (Wildman–Crippen LogP) is 3.24. The highest BCUT2D eigenvalue weighted by molar-refractivity contribution is 9.25. The van der Waals surface area contributed by atoms with Gasteiger partial charge in [0.1, 0.15) is 5.75 Å². The van der Waals surface area contributed by atoms with E-state index in [1.807, 2.05) is 18.2 Å². The molecule has 0 bridgehead atoms. The first kappa shape index (κ1) is 13.3. The number of hydrogen-bond acceptors (Lipinski definition) is 3. The Morgan fingerprint density at radius 3 is 2.56 bits per heavy atom. The first-order valence-electron chi connectivity index (χ1n) is 4.44. The zero-order valence-corrected chi connectivity index (χ0v) is 11.5. The molecule has 86 valence electrons. The van der Waals surface area contributed by atoms with Gasteiger partial charge >= 0.3 is 5.97 Å². The first-order valence-corrected chi connectivity index (χ1v) is 6.03. The zero-order chi connectivity index (χ0) is 12.0. The fourth-order valence-corrected chi connectivity index (χ4v) is 1.51. The van der Waals surface area contributed by atoms with Gasteiger partial charge in [-0.1, -0.05) is 24.8 Å². The van der Waals surface area contributed by atoms with Crippen LogP contribution in [0.1, 0.15) is 0 Å².